The molecule has 114 valence electrons. The molecule has 0 bridgehead atoms. The molecule has 0 radical (unpaired) electrons. The first-order chi connectivity index (χ1) is 9.59. The van der Waals surface area contributed by atoms with Gasteiger partial charge < -0.3 is 5.11 Å². The average Bonchev–Trinajstić information content (AvgIpc) is 2.50. The van der Waals surface area contributed by atoms with E-state index in [-0.39, 0.29) is 6.10 Å². The van der Waals surface area contributed by atoms with Crippen molar-refractivity contribution >= 4 is 0 Å². The summed E-state index contributed by atoms with van der Waals surface area (Å²) < 4.78 is 0. The standard InChI is InChI=1S/C19H32O/c1-14-5-3-7-15-9-10-16-13-17(20)11-12-19(16,2)18(15)8-4-6-14/h6,15-18,20H,3-5,7-13H2,1-2H3. The summed E-state index contributed by atoms with van der Waals surface area (Å²) in [7, 11) is 0. The molecule has 0 amide bonds. The summed E-state index contributed by atoms with van der Waals surface area (Å²) in [5.74, 6) is 2.67. The minimum absolute atomic E-state index is 0.0110. The van der Waals surface area contributed by atoms with Gasteiger partial charge in [-0.3, -0.25) is 0 Å². The van der Waals surface area contributed by atoms with Crippen molar-refractivity contribution in [2.45, 2.75) is 84.2 Å². The molecule has 0 heterocycles. The van der Waals surface area contributed by atoms with E-state index in [0.29, 0.717) is 5.41 Å². The average molecular weight is 276 g/mol. The Kier molecular flexibility index (Phi) is 4.26. The van der Waals surface area contributed by atoms with Crippen LogP contribution in [0.3, 0.4) is 0 Å². The molecule has 1 N–H and O–H groups in total. The normalized spacial score (nSPS) is 46.2. The van der Waals surface area contributed by atoms with Crippen LogP contribution in [-0.4, -0.2) is 11.2 Å². The molecular weight excluding hydrogens is 244 g/mol. The fourth-order valence-corrected chi connectivity index (χ4v) is 5.65. The third-order valence-corrected chi connectivity index (χ3v) is 6.92. The molecule has 0 spiro atoms. The van der Waals surface area contributed by atoms with E-state index in [1.165, 1.54) is 51.4 Å². The quantitative estimate of drug-likeness (QED) is 0.611. The van der Waals surface area contributed by atoms with E-state index in [1.807, 2.05) is 0 Å². The number of aliphatic hydroxyl groups excluding tert-OH is 1. The molecule has 1 nitrogen and oxygen atoms in total. The van der Waals surface area contributed by atoms with Crippen LogP contribution in [-0.2, 0) is 0 Å². The minimum atomic E-state index is -0.0110. The van der Waals surface area contributed by atoms with Gasteiger partial charge in [-0.2, -0.15) is 0 Å². The van der Waals surface area contributed by atoms with Crippen LogP contribution in [0.2, 0.25) is 0 Å². The van der Waals surface area contributed by atoms with Crippen LogP contribution in [0, 0.1) is 23.2 Å². The van der Waals surface area contributed by atoms with Crippen molar-refractivity contribution in [3.05, 3.63) is 11.6 Å². The van der Waals surface area contributed by atoms with E-state index < -0.39 is 0 Å². The highest BCUT2D eigenvalue weighted by molar-refractivity contribution is 5.04. The molecule has 2 fully saturated rings. The zero-order valence-electron chi connectivity index (χ0n) is 13.4. The van der Waals surface area contributed by atoms with Gasteiger partial charge in [0.05, 0.1) is 6.10 Å². The van der Waals surface area contributed by atoms with Crippen molar-refractivity contribution in [3.63, 3.8) is 0 Å². The highest BCUT2D eigenvalue weighted by Crippen LogP contribution is 2.57. The highest BCUT2D eigenvalue weighted by Gasteiger charge is 2.49. The second-order valence-corrected chi connectivity index (χ2v) is 8.09. The maximum absolute atomic E-state index is 10.0. The van der Waals surface area contributed by atoms with Crippen LogP contribution in [0.4, 0.5) is 0 Å². The second kappa shape index (κ2) is 5.83. The molecule has 3 aliphatic carbocycles. The molecular formula is C19H32O. The Bertz CT molecular complexity index is 372. The summed E-state index contributed by atoms with van der Waals surface area (Å²) in [4.78, 5) is 0. The van der Waals surface area contributed by atoms with Crippen molar-refractivity contribution in [1.82, 2.24) is 0 Å². The molecule has 1 heteroatoms. The third-order valence-electron chi connectivity index (χ3n) is 6.92. The predicted molar refractivity (Wildman–Crippen MR) is 84.5 cm³/mol. The monoisotopic (exact) mass is 276 g/mol. The Morgan fingerprint density at radius 1 is 1.15 bits per heavy atom. The second-order valence-electron chi connectivity index (χ2n) is 8.09. The summed E-state index contributed by atoms with van der Waals surface area (Å²) in [5.41, 5.74) is 2.14. The van der Waals surface area contributed by atoms with Crippen molar-refractivity contribution in [2.75, 3.05) is 0 Å². The number of fused-ring (bicyclic) bond motifs is 3. The van der Waals surface area contributed by atoms with Crippen LogP contribution in [0.5, 0.6) is 0 Å². The van der Waals surface area contributed by atoms with Gasteiger partial charge in [0.15, 0.2) is 0 Å². The lowest BCUT2D eigenvalue weighted by atomic mass is 9.51. The van der Waals surface area contributed by atoms with Crippen LogP contribution in [0.25, 0.3) is 0 Å². The first kappa shape index (κ1) is 14.6. The number of hydrogen-bond donors (Lipinski definition) is 1. The van der Waals surface area contributed by atoms with E-state index in [4.69, 9.17) is 0 Å². The van der Waals surface area contributed by atoms with Crippen molar-refractivity contribution < 1.29 is 5.11 Å². The fourth-order valence-electron chi connectivity index (χ4n) is 5.65. The van der Waals surface area contributed by atoms with Gasteiger partial charge in [0, 0.05) is 0 Å². The van der Waals surface area contributed by atoms with E-state index in [2.05, 4.69) is 19.9 Å². The van der Waals surface area contributed by atoms with E-state index in [1.54, 1.807) is 5.57 Å². The molecule has 0 aromatic carbocycles. The van der Waals surface area contributed by atoms with Gasteiger partial charge in [0.25, 0.3) is 0 Å². The summed E-state index contributed by atoms with van der Waals surface area (Å²) in [6.07, 6.45) is 15.5. The van der Waals surface area contributed by atoms with Gasteiger partial charge in [-0.1, -0.05) is 18.6 Å². The van der Waals surface area contributed by atoms with Gasteiger partial charge in [-0.15, -0.1) is 0 Å². The third kappa shape index (κ3) is 2.71. The van der Waals surface area contributed by atoms with Gasteiger partial charge >= 0.3 is 0 Å². The smallest absolute Gasteiger partial charge is 0.0543 e. The molecule has 0 aromatic heterocycles. The maximum Gasteiger partial charge on any atom is 0.0543 e. The van der Waals surface area contributed by atoms with Gasteiger partial charge in [-0.25, -0.2) is 0 Å². The summed E-state index contributed by atoms with van der Waals surface area (Å²) in [5, 5.41) is 10.0. The van der Waals surface area contributed by atoms with Gasteiger partial charge in [-0.05, 0) is 94.3 Å². The zero-order valence-corrected chi connectivity index (χ0v) is 13.4. The Morgan fingerprint density at radius 3 is 2.85 bits per heavy atom. The topological polar surface area (TPSA) is 20.2 Å². The molecule has 2 saturated carbocycles. The Hall–Kier alpha value is -0.300. The first-order valence-corrected chi connectivity index (χ1v) is 8.93. The van der Waals surface area contributed by atoms with Crippen LogP contribution >= 0.6 is 0 Å². The van der Waals surface area contributed by atoms with Gasteiger partial charge in [0.2, 0.25) is 0 Å². The number of allylic oxidation sites excluding steroid dienone is 2. The Balaban J connectivity index is 1.80. The lowest BCUT2D eigenvalue weighted by Crippen LogP contribution is -2.47. The molecule has 0 saturated heterocycles. The van der Waals surface area contributed by atoms with E-state index >= 15 is 0 Å². The Morgan fingerprint density at radius 2 is 2.00 bits per heavy atom. The van der Waals surface area contributed by atoms with Crippen LogP contribution < -0.4 is 0 Å². The summed E-state index contributed by atoms with van der Waals surface area (Å²) >= 11 is 0. The van der Waals surface area contributed by atoms with Gasteiger partial charge in [0.1, 0.15) is 0 Å². The number of aliphatic hydroxyl groups is 1. The van der Waals surface area contributed by atoms with E-state index in [9.17, 15) is 5.11 Å². The molecule has 3 rings (SSSR count). The summed E-state index contributed by atoms with van der Waals surface area (Å²) in [6.45, 7) is 4.88. The number of hydrogen-bond acceptors (Lipinski definition) is 1. The fraction of sp³-hybridized carbons (Fsp3) is 0.895. The molecule has 0 aliphatic heterocycles. The highest BCUT2D eigenvalue weighted by atomic mass is 16.3. The number of rotatable bonds is 0. The molecule has 5 unspecified atom stereocenters. The molecule has 0 aromatic rings. The zero-order chi connectivity index (χ0) is 14.2. The lowest BCUT2D eigenvalue weighted by Gasteiger charge is -2.55. The van der Waals surface area contributed by atoms with Crippen molar-refractivity contribution in [2.24, 2.45) is 23.2 Å². The minimum Gasteiger partial charge on any atom is -0.393 e. The molecule has 5 atom stereocenters. The predicted octanol–water partition coefficient (Wildman–Crippen LogP) is 5.09. The lowest BCUT2D eigenvalue weighted by molar-refractivity contribution is -0.0751. The Labute approximate surface area is 124 Å². The van der Waals surface area contributed by atoms with Crippen molar-refractivity contribution in [3.8, 4) is 0 Å². The van der Waals surface area contributed by atoms with Crippen LogP contribution in [0.15, 0.2) is 11.6 Å². The van der Waals surface area contributed by atoms with Crippen LogP contribution in [0.1, 0.15) is 78.1 Å². The molecule has 20 heavy (non-hydrogen) atoms. The maximum atomic E-state index is 10.0. The molecule has 3 aliphatic rings. The largest absolute Gasteiger partial charge is 0.393 e. The summed E-state index contributed by atoms with van der Waals surface area (Å²) in [6, 6.07) is 0. The first-order valence-electron chi connectivity index (χ1n) is 8.93. The SMILES string of the molecule is CC1=CCCC2C(CCC1)CCC1CC(O)CCC12C. The van der Waals surface area contributed by atoms with Crippen molar-refractivity contribution in [1.29, 1.82) is 0 Å². The van der Waals surface area contributed by atoms with E-state index in [0.717, 1.165) is 30.6 Å².